The van der Waals surface area contributed by atoms with Crippen LogP contribution in [0.3, 0.4) is 0 Å². The first kappa shape index (κ1) is 14.4. The lowest BCUT2D eigenvalue weighted by Gasteiger charge is -2.10. The molecule has 0 aliphatic heterocycles. The predicted octanol–water partition coefficient (Wildman–Crippen LogP) is 5.24. The smallest absolute Gasteiger partial charge is 0.149 e. The van der Waals surface area contributed by atoms with E-state index >= 15 is 0 Å². The Kier molecular flexibility index (Phi) is 4.52. The average Bonchev–Trinajstić information content (AvgIpc) is 2.36. The van der Waals surface area contributed by atoms with Gasteiger partial charge in [-0.25, -0.2) is 13.2 Å². The Labute approximate surface area is 125 Å². The van der Waals surface area contributed by atoms with Crippen molar-refractivity contribution >= 4 is 37.5 Å². The van der Waals surface area contributed by atoms with E-state index in [1.54, 1.807) is 6.07 Å². The van der Waals surface area contributed by atoms with Crippen molar-refractivity contribution in [3.63, 3.8) is 0 Å². The zero-order chi connectivity index (χ0) is 14.0. The van der Waals surface area contributed by atoms with Crippen molar-refractivity contribution < 1.29 is 13.2 Å². The third-order valence-electron chi connectivity index (χ3n) is 2.49. The second-order valence-corrected chi connectivity index (χ2v) is 5.54. The first-order chi connectivity index (χ1) is 8.97. The third-order valence-corrected chi connectivity index (χ3v) is 3.87. The molecule has 0 atom stereocenters. The molecule has 0 aromatic heterocycles. The van der Waals surface area contributed by atoms with E-state index in [1.807, 2.05) is 0 Å². The van der Waals surface area contributed by atoms with Crippen molar-refractivity contribution in [2.45, 2.75) is 6.54 Å². The molecule has 0 saturated carbocycles. The van der Waals surface area contributed by atoms with Crippen LogP contribution in [0.1, 0.15) is 5.56 Å². The van der Waals surface area contributed by atoms with Crippen molar-refractivity contribution in [3.8, 4) is 0 Å². The predicted molar refractivity (Wildman–Crippen MR) is 75.5 cm³/mol. The molecule has 0 bridgehead atoms. The van der Waals surface area contributed by atoms with Gasteiger partial charge in [-0.15, -0.1) is 0 Å². The van der Waals surface area contributed by atoms with Crippen LogP contribution in [-0.2, 0) is 6.54 Å². The molecule has 1 N–H and O–H groups in total. The summed E-state index contributed by atoms with van der Waals surface area (Å²) in [4.78, 5) is 0. The molecule has 0 aliphatic carbocycles. The summed E-state index contributed by atoms with van der Waals surface area (Å²) in [6, 6.07) is 6.32. The van der Waals surface area contributed by atoms with E-state index in [-0.39, 0.29) is 22.5 Å². The number of halogens is 5. The minimum absolute atomic E-state index is 0.143. The van der Waals surface area contributed by atoms with Gasteiger partial charge in [0.05, 0.1) is 10.2 Å². The number of rotatable bonds is 3. The Morgan fingerprint density at radius 3 is 2.37 bits per heavy atom. The maximum absolute atomic E-state index is 13.5. The summed E-state index contributed by atoms with van der Waals surface area (Å²) >= 11 is 6.26. The number of nitrogens with one attached hydrogen (secondary N) is 1. The fraction of sp³-hybridized carbons (Fsp3) is 0.0769. The van der Waals surface area contributed by atoms with Crippen molar-refractivity contribution in [1.82, 2.24) is 0 Å². The lowest BCUT2D eigenvalue weighted by atomic mass is 10.2. The van der Waals surface area contributed by atoms with Crippen LogP contribution in [0.15, 0.2) is 39.3 Å². The molecule has 0 spiro atoms. The standard InChI is InChI=1S/C13H8Br2F3N/c14-9-2-1-8(16)3-7(9)6-19-13-4-10(15)11(17)5-12(13)18/h1-5,19H,6H2. The zero-order valence-corrected chi connectivity index (χ0v) is 12.7. The summed E-state index contributed by atoms with van der Waals surface area (Å²) in [6.45, 7) is 0.216. The van der Waals surface area contributed by atoms with Crippen LogP contribution in [0, 0.1) is 17.5 Å². The average molecular weight is 395 g/mol. The Balaban J connectivity index is 2.19. The van der Waals surface area contributed by atoms with Gasteiger partial charge in [-0.3, -0.25) is 0 Å². The summed E-state index contributed by atoms with van der Waals surface area (Å²) in [5.41, 5.74) is 0.782. The summed E-state index contributed by atoms with van der Waals surface area (Å²) in [5, 5.41) is 2.80. The topological polar surface area (TPSA) is 12.0 Å². The van der Waals surface area contributed by atoms with Crippen LogP contribution in [0.25, 0.3) is 0 Å². The maximum Gasteiger partial charge on any atom is 0.149 e. The highest BCUT2D eigenvalue weighted by Gasteiger charge is 2.09. The Morgan fingerprint density at radius 2 is 1.63 bits per heavy atom. The van der Waals surface area contributed by atoms with Gasteiger partial charge in [0.1, 0.15) is 17.5 Å². The zero-order valence-electron chi connectivity index (χ0n) is 9.48. The van der Waals surface area contributed by atoms with Crippen molar-refractivity contribution in [2.75, 3.05) is 5.32 Å². The van der Waals surface area contributed by atoms with Gasteiger partial charge in [-0.2, -0.15) is 0 Å². The van der Waals surface area contributed by atoms with E-state index in [9.17, 15) is 13.2 Å². The van der Waals surface area contributed by atoms with Crippen LogP contribution >= 0.6 is 31.9 Å². The molecule has 2 aromatic rings. The van der Waals surface area contributed by atoms with Gasteiger partial charge in [0.15, 0.2) is 0 Å². The highest BCUT2D eigenvalue weighted by Crippen LogP contribution is 2.25. The monoisotopic (exact) mass is 393 g/mol. The Hall–Kier alpha value is -1.01. The van der Waals surface area contributed by atoms with Crippen molar-refractivity contribution in [3.05, 3.63) is 62.3 Å². The summed E-state index contributed by atoms with van der Waals surface area (Å²) in [5.74, 6) is -1.75. The van der Waals surface area contributed by atoms with Crippen molar-refractivity contribution in [1.29, 1.82) is 0 Å². The van der Waals surface area contributed by atoms with Gasteiger partial charge in [0, 0.05) is 17.1 Å². The fourth-order valence-corrected chi connectivity index (χ4v) is 2.26. The number of hydrogen-bond acceptors (Lipinski definition) is 1. The van der Waals surface area contributed by atoms with E-state index in [0.717, 1.165) is 6.07 Å². The molecule has 0 heterocycles. The molecule has 6 heteroatoms. The summed E-state index contributed by atoms with van der Waals surface area (Å²) in [7, 11) is 0. The maximum atomic E-state index is 13.5. The molecule has 0 fully saturated rings. The van der Waals surface area contributed by atoms with Gasteiger partial charge in [0.2, 0.25) is 0 Å². The molecular weight excluding hydrogens is 387 g/mol. The quantitative estimate of drug-likeness (QED) is 0.702. The lowest BCUT2D eigenvalue weighted by molar-refractivity contribution is 0.580. The summed E-state index contributed by atoms with van der Waals surface area (Å²) in [6.07, 6.45) is 0. The number of hydrogen-bond donors (Lipinski definition) is 1. The molecule has 0 amide bonds. The molecule has 19 heavy (non-hydrogen) atoms. The molecule has 0 radical (unpaired) electrons. The van der Waals surface area contributed by atoms with Gasteiger partial charge in [0.25, 0.3) is 0 Å². The molecule has 2 rings (SSSR count). The van der Waals surface area contributed by atoms with Gasteiger partial charge in [-0.05, 0) is 45.8 Å². The Morgan fingerprint density at radius 1 is 0.895 bits per heavy atom. The van der Waals surface area contributed by atoms with Crippen LogP contribution < -0.4 is 5.32 Å². The summed E-state index contributed by atoms with van der Waals surface area (Å²) < 4.78 is 40.5. The van der Waals surface area contributed by atoms with E-state index in [2.05, 4.69) is 37.2 Å². The molecule has 0 aliphatic rings. The second kappa shape index (κ2) is 5.96. The molecule has 2 aromatic carbocycles. The van der Waals surface area contributed by atoms with E-state index < -0.39 is 11.6 Å². The first-order valence-corrected chi connectivity index (χ1v) is 6.88. The van der Waals surface area contributed by atoms with Crippen LogP contribution in [-0.4, -0.2) is 0 Å². The van der Waals surface area contributed by atoms with Gasteiger partial charge in [-0.1, -0.05) is 15.9 Å². The highest BCUT2D eigenvalue weighted by molar-refractivity contribution is 9.10. The molecule has 0 unspecified atom stereocenters. The first-order valence-electron chi connectivity index (χ1n) is 5.29. The van der Waals surface area contributed by atoms with Crippen molar-refractivity contribution in [2.24, 2.45) is 0 Å². The fourth-order valence-electron chi connectivity index (χ4n) is 1.53. The lowest BCUT2D eigenvalue weighted by Crippen LogP contribution is -2.03. The normalized spacial score (nSPS) is 10.6. The number of anilines is 1. The SMILES string of the molecule is Fc1ccc(Br)c(CNc2cc(Br)c(F)cc2F)c1. The molecule has 1 nitrogen and oxygen atoms in total. The largest absolute Gasteiger partial charge is 0.379 e. The van der Waals surface area contributed by atoms with Crippen LogP contribution in [0.2, 0.25) is 0 Å². The second-order valence-electron chi connectivity index (χ2n) is 3.84. The van der Waals surface area contributed by atoms with Crippen LogP contribution in [0.4, 0.5) is 18.9 Å². The minimum Gasteiger partial charge on any atom is -0.379 e. The van der Waals surface area contributed by atoms with Gasteiger partial charge < -0.3 is 5.32 Å². The highest BCUT2D eigenvalue weighted by atomic mass is 79.9. The minimum atomic E-state index is -0.701. The van der Waals surface area contributed by atoms with E-state index in [1.165, 1.54) is 18.2 Å². The molecular formula is C13H8Br2F3N. The third kappa shape index (κ3) is 3.51. The van der Waals surface area contributed by atoms with Crippen LogP contribution in [0.5, 0.6) is 0 Å². The Bertz CT molecular complexity index is 617. The van der Waals surface area contributed by atoms with Gasteiger partial charge >= 0.3 is 0 Å². The van der Waals surface area contributed by atoms with E-state index in [4.69, 9.17) is 0 Å². The number of benzene rings is 2. The molecule has 0 saturated heterocycles. The van der Waals surface area contributed by atoms with E-state index in [0.29, 0.717) is 10.0 Å². The molecule has 100 valence electrons.